The van der Waals surface area contributed by atoms with Gasteiger partial charge in [0.1, 0.15) is 0 Å². The van der Waals surface area contributed by atoms with E-state index in [2.05, 4.69) is 30.7 Å². The molecule has 8 nitrogen and oxygen atoms in total. The lowest BCUT2D eigenvalue weighted by Crippen LogP contribution is -2.46. The summed E-state index contributed by atoms with van der Waals surface area (Å²) in [5, 5.41) is 1.11. The number of pyridine rings is 1. The number of rotatable bonds is 9. The molecule has 0 atom stereocenters. The Kier molecular flexibility index (Phi) is 8.58. The van der Waals surface area contributed by atoms with Gasteiger partial charge in [0.05, 0.1) is 24.7 Å². The van der Waals surface area contributed by atoms with Crippen molar-refractivity contribution in [1.29, 1.82) is 0 Å². The van der Waals surface area contributed by atoms with Crippen molar-refractivity contribution in [2.75, 3.05) is 51.8 Å². The minimum Gasteiger partial charge on any atom is -0.493 e. The van der Waals surface area contributed by atoms with Crippen LogP contribution < -0.4 is 14.4 Å². The normalized spacial score (nSPS) is 14.9. The number of hydrogen-bond donors (Lipinski definition) is 2. The van der Waals surface area contributed by atoms with E-state index in [1.165, 1.54) is 12.6 Å². The predicted molar refractivity (Wildman–Crippen MR) is 135 cm³/mol. The molecule has 4 rings (SSSR count). The summed E-state index contributed by atoms with van der Waals surface area (Å²) in [4.78, 5) is 12.3. The van der Waals surface area contributed by atoms with Crippen LogP contribution >= 0.6 is 12.4 Å². The molecule has 0 amide bonds. The molecule has 33 heavy (non-hydrogen) atoms. The van der Waals surface area contributed by atoms with Crippen molar-refractivity contribution in [1.82, 2.24) is 19.6 Å². The number of nitrogens with one attached hydrogen (secondary N) is 2. The maximum atomic E-state index is 11.9. The van der Waals surface area contributed by atoms with Crippen LogP contribution in [0.3, 0.4) is 0 Å². The van der Waals surface area contributed by atoms with Crippen LogP contribution in [-0.2, 0) is 22.2 Å². The summed E-state index contributed by atoms with van der Waals surface area (Å²) in [6.07, 6.45) is 7.65. The van der Waals surface area contributed by atoms with Crippen molar-refractivity contribution in [3.8, 4) is 5.75 Å². The molecule has 1 saturated heterocycles. The van der Waals surface area contributed by atoms with E-state index in [1.807, 2.05) is 30.5 Å². The van der Waals surface area contributed by atoms with Gasteiger partial charge in [-0.3, -0.25) is 9.88 Å². The zero-order valence-electron chi connectivity index (χ0n) is 19.1. The topological polar surface area (TPSA) is 90.6 Å². The van der Waals surface area contributed by atoms with Crippen LogP contribution in [-0.4, -0.2) is 70.2 Å². The second-order valence-corrected chi connectivity index (χ2v) is 10.1. The number of piperazine rings is 1. The number of anilines is 1. The SMILES string of the molecule is CNS(=O)(=O)Cc1ccc2[nH]cc(CCCN3CCN(c4ccncc4OC)CC3)c2c1.Cl. The van der Waals surface area contributed by atoms with Gasteiger partial charge < -0.3 is 14.6 Å². The van der Waals surface area contributed by atoms with Gasteiger partial charge in [-0.1, -0.05) is 6.07 Å². The Hall–Kier alpha value is -2.33. The highest BCUT2D eigenvalue weighted by Crippen LogP contribution is 2.27. The second kappa shape index (κ2) is 11.2. The molecule has 0 spiro atoms. The molecule has 180 valence electrons. The van der Waals surface area contributed by atoms with Crippen molar-refractivity contribution in [3.05, 3.63) is 54.0 Å². The van der Waals surface area contributed by atoms with E-state index < -0.39 is 10.0 Å². The summed E-state index contributed by atoms with van der Waals surface area (Å²) in [7, 11) is -0.148. The largest absolute Gasteiger partial charge is 0.493 e. The smallest absolute Gasteiger partial charge is 0.215 e. The van der Waals surface area contributed by atoms with Crippen LogP contribution in [0.5, 0.6) is 5.75 Å². The lowest BCUT2D eigenvalue weighted by atomic mass is 10.1. The van der Waals surface area contributed by atoms with Gasteiger partial charge in [0.2, 0.25) is 10.0 Å². The number of fused-ring (bicyclic) bond motifs is 1. The third kappa shape index (κ3) is 6.17. The van der Waals surface area contributed by atoms with Crippen LogP contribution in [0, 0.1) is 0 Å². The number of aryl methyl sites for hydroxylation is 1. The monoisotopic (exact) mass is 493 g/mol. The molecular formula is C23H32ClN5O3S. The fourth-order valence-corrected chi connectivity index (χ4v) is 5.07. The highest BCUT2D eigenvalue weighted by atomic mass is 35.5. The standard InChI is InChI=1S/C23H31N5O3S.ClH/c1-24-32(29,30)17-18-5-6-21-20(14-18)19(15-26-21)4-3-9-27-10-12-28(13-11-27)22-7-8-25-16-23(22)31-2;/h5-8,14-16,24,26H,3-4,9-13,17H2,1-2H3;1H. The van der Waals surface area contributed by atoms with Crippen molar-refractivity contribution in [2.45, 2.75) is 18.6 Å². The molecule has 3 heterocycles. The van der Waals surface area contributed by atoms with E-state index in [0.717, 1.165) is 73.5 Å². The minimum atomic E-state index is -3.28. The molecule has 0 saturated carbocycles. The first-order chi connectivity index (χ1) is 15.5. The average molecular weight is 494 g/mol. The minimum absolute atomic E-state index is 0. The predicted octanol–water partition coefficient (Wildman–Crippen LogP) is 2.80. The Morgan fingerprint density at radius 1 is 1.18 bits per heavy atom. The van der Waals surface area contributed by atoms with Crippen LogP contribution in [0.15, 0.2) is 42.9 Å². The van der Waals surface area contributed by atoms with Gasteiger partial charge in [0.25, 0.3) is 0 Å². The molecule has 1 aliphatic rings. The number of sulfonamides is 1. The van der Waals surface area contributed by atoms with E-state index in [0.29, 0.717) is 0 Å². The van der Waals surface area contributed by atoms with Gasteiger partial charge in [-0.2, -0.15) is 0 Å². The first-order valence-corrected chi connectivity index (χ1v) is 12.6. The Bertz CT molecular complexity index is 1160. The van der Waals surface area contributed by atoms with Gasteiger partial charge in [0, 0.05) is 49.5 Å². The van der Waals surface area contributed by atoms with E-state index in [9.17, 15) is 8.42 Å². The van der Waals surface area contributed by atoms with E-state index >= 15 is 0 Å². The molecule has 0 aliphatic carbocycles. The number of H-pyrrole nitrogens is 1. The first-order valence-electron chi connectivity index (χ1n) is 10.9. The quantitative estimate of drug-likeness (QED) is 0.476. The summed E-state index contributed by atoms with van der Waals surface area (Å²) in [5.74, 6) is 0.818. The number of hydrogen-bond acceptors (Lipinski definition) is 6. The molecule has 1 aliphatic heterocycles. The van der Waals surface area contributed by atoms with E-state index in [-0.39, 0.29) is 18.2 Å². The summed E-state index contributed by atoms with van der Waals surface area (Å²) in [6, 6.07) is 7.85. The highest BCUT2D eigenvalue weighted by molar-refractivity contribution is 7.88. The van der Waals surface area contributed by atoms with Crippen LogP contribution in [0.2, 0.25) is 0 Å². The second-order valence-electron chi connectivity index (χ2n) is 8.14. The Balaban J connectivity index is 0.00000306. The average Bonchev–Trinajstić information content (AvgIpc) is 3.21. The van der Waals surface area contributed by atoms with Crippen molar-refractivity contribution < 1.29 is 13.2 Å². The maximum absolute atomic E-state index is 11.9. The number of ether oxygens (including phenoxy) is 1. The Labute approximate surface area is 201 Å². The van der Waals surface area contributed by atoms with Gasteiger partial charge in [-0.15, -0.1) is 12.4 Å². The number of halogens is 1. The zero-order chi connectivity index (χ0) is 22.6. The van der Waals surface area contributed by atoms with Crippen molar-refractivity contribution >= 4 is 39.0 Å². The summed E-state index contributed by atoms with van der Waals surface area (Å²) < 4.78 is 31.6. The van der Waals surface area contributed by atoms with Gasteiger partial charge >= 0.3 is 0 Å². The highest BCUT2D eigenvalue weighted by Gasteiger charge is 2.19. The van der Waals surface area contributed by atoms with E-state index in [1.54, 1.807) is 13.3 Å². The summed E-state index contributed by atoms with van der Waals surface area (Å²) in [6.45, 7) is 5.02. The fraction of sp³-hybridized carbons (Fsp3) is 0.435. The van der Waals surface area contributed by atoms with Gasteiger partial charge in [0.15, 0.2) is 5.75 Å². The molecule has 0 bridgehead atoms. The lowest BCUT2D eigenvalue weighted by molar-refractivity contribution is 0.254. The van der Waals surface area contributed by atoms with Gasteiger partial charge in [-0.25, -0.2) is 13.1 Å². The molecule has 2 aromatic heterocycles. The first kappa shape index (κ1) is 25.3. The molecule has 0 unspecified atom stereocenters. The fourth-order valence-electron chi connectivity index (χ4n) is 4.31. The number of aromatic amines is 1. The van der Waals surface area contributed by atoms with Crippen LogP contribution in [0.4, 0.5) is 5.69 Å². The molecule has 3 aromatic rings. The maximum Gasteiger partial charge on any atom is 0.215 e. The molecule has 1 fully saturated rings. The number of benzene rings is 1. The molecule has 2 N–H and O–H groups in total. The molecule has 1 aromatic carbocycles. The molecule has 0 radical (unpaired) electrons. The Morgan fingerprint density at radius 2 is 1.97 bits per heavy atom. The molecular weight excluding hydrogens is 462 g/mol. The number of aromatic nitrogens is 2. The van der Waals surface area contributed by atoms with Crippen molar-refractivity contribution in [3.63, 3.8) is 0 Å². The summed E-state index contributed by atoms with van der Waals surface area (Å²) >= 11 is 0. The number of methoxy groups -OCH3 is 1. The number of nitrogens with zero attached hydrogens (tertiary/aromatic N) is 3. The third-order valence-corrected chi connectivity index (χ3v) is 7.45. The van der Waals surface area contributed by atoms with Gasteiger partial charge in [-0.05, 0) is 55.8 Å². The summed E-state index contributed by atoms with van der Waals surface area (Å²) in [5.41, 5.74) is 4.20. The molecule has 10 heteroatoms. The Morgan fingerprint density at radius 3 is 2.70 bits per heavy atom. The third-order valence-electron chi connectivity index (χ3n) is 6.12. The van der Waals surface area contributed by atoms with Crippen molar-refractivity contribution in [2.24, 2.45) is 0 Å². The zero-order valence-corrected chi connectivity index (χ0v) is 20.7. The van der Waals surface area contributed by atoms with Crippen LogP contribution in [0.1, 0.15) is 17.5 Å². The van der Waals surface area contributed by atoms with E-state index in [4.69, 9.17) is 4.74 Å². The lowest BCUT2D eigenvalue weighted by Gasteiger charge is -2.36. The van der Waals surface area contributed by atoms with Crippen LogP contribution in [0.25, 0.3) is 10.9 Å².